The van der Waals surface area contributed by atoms with Crippen molar-refractivity contribution in [2.45, 2.75) is 92.0 Å². The van der Waals surface area contributed by atoms with Gasteiger partial charge in [-0.3, -0.25) is 14.4 Å². The van der Waals surface area contributed by atoms with Crippen molar-refractivity contribution in [3.8, 4) is 0 Å². The molecule has 0 aromatic rings. The summed E-state index contributed by atoms with van der Waals surface area (Å²) in [5.41, 5.74) is 0. The third-order valence-electron chi connectivity index (χ3n) is 2.33. The van der Waals surface area contributed by atoms with E-state index in [1.807, 2.05) is 6.92 Å². The predicted octanol–water partition coefficient (Wildman–Crippen LogP) is 7.61. The van der Waals surface area contributed by atoms with E-state index >= 15 is 0 Å². The molecule has 0 spiro atoms. The van der Waals surface area contributed by atoms with Crippen LogP contribution in [0.5, 0.6) is 0 Å². The summed E-state index contributed by atoms with van der Waals surface area (Å²) >= 11 is 8.98. The van der Waals surface area contributed by atoms with Crippen molar-refractivity contribution in [1.82, 2.24) is 0 Å². The molecule has 0 atom stereocenters. The highest BCUT2D eigenvalue weighted by Crippen LogP contribution is 1.96. The van der Waals surface area contributed by atoms with Gasteiger partial charge in [-0.05, 0) is 67.9 Å². The van der Waals surface area contributed by atoms with Gasteiger partial charge >= 0.3 is 17.9 Å². The standard InChI is InChI=1S/C8H14O4S4.C5H10O2.8CH4.Cl2S2/c1-11-7(9)3-5-16(15-14-13)6-4-8(10)12-2;1-3-4-5(6)7-2;;;;;;;;;1-4(2)3/h3-6H2,1-2H3;3-4H2,1-2H3;8*1H4;. The SMILES string of the molecule is C.C.C.C.C.C.C.C.CCCC(=O)OC.COC(=O)CCS(CCC(=O)OC)=S=S=S.S=S(Cl)Cl. The van der Waals surface area contributed by atoms with E-state index in [1.54, 1.807) is 0 Å². The number of ether oxygens (including phenoxy) is 3. The van der Waals surface area contributed by atoms with E-state index in [4.69, 9.17) is 32.6 Å². The molecule has 0 heterocycles. The lowest BCUT2D eigenvalue weighted by Gasteiger charge is -2.04. The Morgan fingerprint density at radius 2 is 0.971 bits per heavy atom. The minimum atomic E-state index is -0.833. The van der Waals surface area contributed by atoms with Gasteiger partial charge in [0, 0.05) is 17.9 Å². The van der Waals surface area contributed by atoms with Crippen molar-refractivity contribution in [1.29, 1.82) is 0 Å². The molecule has 0 aromatic carbocycles. The van der Waals surface area contributed by atoms with Crippen LogP contribution in [0.15, 0.2) is 0 Å². The molecule has 35 heavy (non-hydrogen) atoms. The Bertz CT molecular complexity index is 543. The first-order chi connectivity index (χ1) is 12.7. The van der Waals surface area contributed by atoms with Gasteiger partial charge in [0.2, 0.25) is 0 Å². The summed E-state index contributed by atoms with van der Waals surface area (Å²) in [5, 5.41) is 0. The van der Waals surface area contributed by atoms with E-state index in [0.29, 0.717) is 30.8 Å². The molecule has 0 aliphatic heterocycles. The Morgan fingerprint density at radius 1 is 0.714 bits per heavy atom. The number of halogens is 2. The number of hydrogen-bond acceptors (Lipinski definition) is 8. The molecule has 0 fully saturated rings. The van der Waals surface area contributed by atoms with Gasteiger partial charge < -0.3 is 14.2 Å². The fraction of sp³-hybridized carbons (Fsp3) is 0.857. The van der Waals surface area contributed by atoms with Gasteiger partial charge in [-0.25, -0.2) is 0 Å². The van der Waals surface area contributed by atoms with Crippen LogP contribution in [-0.2, 0) is 86.1 Å². The molecular weight excluding hydrogens is 612 g/mol. The summed E-state index contributed by atoms with van der Waals surface area (Å²) in [6.07, 6.45) is 2.14. The highest BCUT2D eigenvalue weighted by Gasteiger charge is 2.06. The maximum atomic E-state index is 11.0. The maximum Gasteiger partial charge on any atom is 0.306 e. The smallest absolute Gasteiger partial charge is 0.306 e. The fourth-order valence-electron chi connectivity index (χ4n) is 1.11. The molecule has 0 radical (unpaired) electrons. The minimum absolute atomic E-state index is 0. The molecule has 0 aromatic heterocycles. The van der Waals surface area contributed by atoms with Crippen LogP contribution in [0.3, 0.4) is 0 Å². The molecule has 0 aliphatic rings. The molecule has 0 N–H and O–H groups in total. The lowest BCUT2D eigenvalue weighted by Crippen LogP contribution is -2.12. The molecule has 6 nitrogen and oxygen atoms in total. The summed E-state index contributed by atoms with van der Waals surface area (Å²) in [4.78, 5) is 32.1. The summed E-state index contributed by atoms with van der Waals surface area (Å²) in [7, 11) is 15.7. The Hall–Kier alpha value is 0.570. The number of carbonyl (C=O) groups is 3. The van der Waals surface area contributed by atoms with Crippen LogP contribution < -0.4 is 0 Å². The third kappa shape index (κ3) is 72.0. The van der Waals surface area contributed by atoms with Gasteiger partial charge in [0.05, 0.1) is 42.1 Å². The Labute approximate surface area is 248 Å². The lowest BCUT2D eigenvalue weighted by molar-refractivity contribution is -0.141. The first-order valence-corrected chi connectivity index (χ1v) is 16.2. The Balaban J connectivity index is -0.0000000293. The van der Waals surface area contributed by atoms with Gasteiger partial charge in [0.25, 0.3) is 0 Å². The molecule has 226 valence electrons. The number of esters is 3. The molecule has 0 amide bonds. The van der Waals surface area contributed by atoms with Crippen LogP contribution in [0.25, 0.3) is 0 Å². The topological polar surface area (TPSA) is 78.9 Å². The first-order valence-electron chi connectivity index (χ1n) is 7.27. The van der Waals surface area contributed by atoms with E-state index < -0.39 is 7.88 Å². The summed E-state index contributed by atoms with van der Waals surface area (Å²) in [6, 6.07) is 0. The van der Waals surface area contributed by atoms with Crippen LogP contribution in [0.4, 0.5) is 0 Å². The van der Waals surface area contributed by atoms with Gasteiger partial charge in [0.15, 0.2) is 0 Å². The normalized spacial score (nSPS) is 7.09. The van der Waals surface area contributed by atoms with E-state index in [1.165, 1.54) is 39.1 Å². The molecule has 0 rings (SSSR count). The molecule has 0 aliphatic carbocycles. The molecule has 0 saturated heterocycles. The van der Waals surface area contributed by atoms with Crippen molar-refractivity contribution < 1.29 is 28.6 Å². The molecule has 0 unspecified atom stereocenters. The number of carbonyl (C=O) groups excluding carboxylic acids is 3. The van der Waals surface area contributed by atoms with E-state index in [-0.39, 0.29) is 86.8 Å². The molecule has 14 heteroatoms. The Morgan fingerprint density at radius 3 is 1.14 bits per heavy atom. The number of rotatable bonds is 8. The fourth-order valence-corrected chi connectivity index (χ4v) is 7.52. The van der Waals surface area contributed by atoms with Crippen LogP contribution >= 0.6 is 21.4 Å². The molecule has 0 bridgehead atoms. The van der Waals surface area contributed by atoms with Crippen LogP contribution in [-0.4, -0.2) is 50.7 Å². The second-order valence-corrected chi connectivity index (χ2v) is 15.6. The van der Waals surface area contributed by atoms with Crippen LogP contribution in [0.1, 0.15) is 92.0 Å². The summed E-state index contributed by atoms with van der Waals surface area (Å²) in [5.74, 6) is 0.800. The molecule has 0 saturated carbocycles. The Kier molecular flexibility index (Phi) is 111. The average Bonchev–Trinajstić information content (AvgIpc) is 2.63. The van der Waals surface area contributed by atoms with Crippen molar-refractivity contribution in [3.05, 3.63) is 0 Å². The van der Waals surface area contributed by atoms with Crippen molar-refractivity contribution in [2.75, 3.05) is 32.8 Å². The van der Waals surface area contributed by atoms with Gasteiger partial charge in [-0.15, -0.1) is 9.45 Å². The van der Waals surface area contributed by atoms with Crippen molar-refractivity contribution >= 4 is 96.7 Å². The van der Waals surface area contributed by atoms with Crippen molar-refractivity contribution in [2.24, 2.45) is 0 Å². The number of hydrogen-bond donors (Lipinski definition) is 0. The average molecular weight is 668 g/mol. The van der Waals surface area contributed by atoms with Gasteiger partial charge in [0.1, 0.15) is 0 Å². The zero-order chi connectivity index (χ0) is 21.7. The highest BCUT2D eigenvalue weighted by molar-refractivity contribution is 8.58. The first kappa shape index (κ1) is 70.4. The van der Waals surface area contributed by atoms with E-state index in [9.17, 15) is 14.4 Å². The number of methoxy groups -OCH3 is 3. The van der Waals surface area contributed by atoms with Crippen LogP contribution in [0, 0.1) is 0 Å². The zero-order valence-corrected chi connectivity index (χ0v) is 21.8. The minimum Gasteiger partial charge on any atom is -0.469 e. The third-order valence-corrected chi connectivity index (χ3v) is 9.37. The van der Waals surface area contributed by atoms with Gasteiger partial charge in [-0.1, -0.05) is 66.3 Å². The molecular formula is C21H56Cl2O6S6. The summed E-state index contributed by atoms with van der Waals surface area (Å²) in [6.45, 7) is 1.94. The van der Waals surface area contributed by atoms with Crippen LogP contribution in [0.2, 0.25) is 0 Å². The lowest BCUT2D eigenvalue weighted by atomic mass is 10.3. The summed E-state index contributed by atoms with van der Waals surface area (Å²) < 4.78 is 13.5. The van der Waals surface area contributed by atoms with E-state index in [0.717, 1.165) is 6.42 Å². The highest BCUT2D eigenvalue weighted by atomic mass is 36.0. The zero-order valence-electron chi connectivity index (χ0n) is 15.4. The second-order valence-electron chi connectivity index (χ2n) is 4.15. The van der Waals surface area contributed by atoms with E-state index in [2.05, 4.69) is 25.4 Å². The van der Waals surface area contributed by atoms with Gasteiger partial charge in [-0.2, -0.15) is 0 Å². The maximum absolute atomic E-state index is 11.0. The monoisotopic (exact) mass is 666 g/mol. The second kappa shape index (κ2) is 55.2. The van der Waals surface area contributed by atoms with Crippen molar-refractivity contribution in [3.63, 3.8) is 0 Å². The quantitative estimate of drug-likeness (QED) is 0.149. The predicted molar refractivity (Wildman–Crippen MR) is 180 cm³/mol. The largest absolute Gasteiger partial charge is 0.469 e.